The van der Waals surface area contributed by atoms with Gasteiger partial charge in [0.1, 0.15) is 12.4 Å². The molecule has 1 N–H and O–H groups in total. The first-order valence-corrected chi connectivity index (χ1v) is 8.32. The van der Waals surface area contributed by atoms with Gasteiger partial charge in [-0.2, -0.15) is 5.10 Å². The second-order valence-corrected chi connectivity index (χ2v) is 6.69. The highest BCUT2D eigenvalue weighted by molar-refractivity contribution is 14.1. The number of ether oxygens (including phenoxy) is 1. The van der Waals surface area contributed by atoms with Gasteiger partial charge >= 0.3 is 0 Å². The third kappa shape index (κ3) is 6.05. The predicted octanol–water partition coefficient (Wildman–Crippen LogP) is 3.31. The van der Waals surface area contributed by atoms with Crippen molar-refractivity contribution in [3.05, 3.63) is 45.8 Å². The Morgan fingerprint density at radius 3 is 2.95 bits per heavy atom. The van der Waals surface area contributed by atoms with Gasteiger partial charge in [0.2, 0.25) is 0 Å². The highest BCUT2D eigenvalue weighted by atomic mass is 127. The Kier molecular flexibility index (Phi) is 6.50. The molecule has 4 nitrogen and oxygen atoms in total. The normalized spacial score (nSPS) is 11.0. The van der Waals surface area contributed by atoms with Gasteiger partial charge < -0.3 is 10.1 Å². The molecule has 0 saturated carbocycles. The zero-order chi connectivity index (χ0) is 15.1. The van der Waals surface area contributed by atoms with E-state index < -0.39 is 0 Å². The van der Waals surface area contributed by atoms with Gasteiger partial charge in [-0.1, -0.05) is 26.0 Å². The van der Waals surface area contributed by atoms with Crippen LogP contribution in [0.5, 0.6) is 5.75 Å². The molecule has 0 unspecified atom stereocenters. The van der Waals surface area contributed by atoms with Crippen LogP contribution in [-0.2, 0) is 13.1 Å². The largest absolute Gasteiger partial charge is 0.492 e. The summed E-state index contributed by atoms with van der Waals surface area (Å²) in [6.45, 7) is 7.72. The minimum absolute atomic E-state index is 0.626. The Hall–Kier alpha value is -1.08. The lowest BCUT2D eigenvalue weighted by molar-refractivity contribution is 0.291. The minimum Gasteiger partial charge on any atom is -0.492 e. The van der Waals surface area contributed by atoms with Crippen molar-refractivity contribution in [3.63, 3.8) is 0 Å². The summed E-state index contributed by atoms with van der Waals surface area (Å²) in [6.07, 6.45) is 3.86. The van der Waals surface area contributed by atoms with Crippen molar-refractivity contribution in [1.82, 2.24) is 15.1 Å². The van der Waals surface area contributed by atoms with Crippen LogP contribution in [0.15, 0.2) is 36.7 Å². The monoisotopic (exact) mass is 399 g/mol. The van der Waals surface area contributed by atoms with Crippen LogP contribution in [0.25, 0.3) is 0 Å². The average Bonchev–Trinajstić information content (AvgIpc) is 2.85. The Balaban J connectivity index is 1.77. The molecule has 2 aromatic rings. The number of halogens is 1. The lowest BCUT2D eigenvalue weighted by Crippen LogP contribution is -2.18. The maximum atomic E-state index is 5.80. The van der Waals surface area contributed by atoms with E-state index in [2.05, 4.69) is 59.0 Å². The maximum Gasteiger partial charge on any atom is 0.119 e. The molecule has 21 heavy (non-hydrogen) atoms. The molecule has 0 atom stereocenters. The van der Waals surface area contributed by atoms with E-state index in [1.807, 2.05) is 29.2 Å². The molecule has 114 valence electrons. The number of hydrogen-bond acceptors (Lipinski definition) is 3. The third-order valence-corrected chi connectivity index (χ3v) is 3.53. The van der Waals surface area contributed by atoms with E-state index in [1.54, 1.807) is 0 Å². The molecule has 1 aromatic heterocycles. The summed E-state index contributed by atoms with van der Waals surface area (Å²) in [5.41, 5.74) is 1.25. The molecular formula is C16H22IN3O. The van der Waals surface area contributed by atoms with E-state index in [0.29, 0.717) is 12.5 Å². The summed E-state index contributed by atoms with van der Waals surface area (Å²) < 4.78 is 8.84. The van der Waals surface area contributed by atoms with Gasteiger partial charge in [-0.25, -0.2) is 0 Å². The lowest BCUT2D eigenvalue weighted by atomic mass is 10.2. The van der Waals surface area contributed by atoms with E-state index in [4.69, 9.17) is 4.74 Å². The van der Waals surface area contributed by atoms with Gasteiger partial charge in [0.15, 0.2) is 0 Å². The molecule has 2 rings (SSSR count). The van der Waals surface area contributed by atoms with Crippen molar-refractivity contribution >= 4 is 22.6 Å². The van der Waals surface area contributed by atoms with Crippen LogP contribution in [-0.4, -0.2) is 22.9 Å². The van der Waals surface area contributed by atoms with Crippen LogP contribution in [0.2, 0.25) is 0 Å². The van der Waals surface area contributed by atoms with Crippen molar-refractivity contribution < 1.29 is 4.74 Å². The second kappa shape index (κ2) is 8.38. The standard InChI is InChI=1S/C16H22IN3O/c1-13(2)9-18-10-14-4-3-5-16(8-14)21-7-6-20-12-15(17)11-19-20/h3-5,8,11-13,18H,6-7,9-10H2,1-2H3. The molecule has 1 heterocycles. The van der Waals surface area contributed by atoms with Crippen LogP contribution < -0.4 is 10.1 Å². The summed E-state index contributed by atoms with van der Waals surface area (Å²) in [4.78, 5) is 0. The smallest absolute Gasteiger partial charge is 0.119 e. The molecule has 1 aromatic carbocycles. The molecule has 0 amide bonds. The quantitative estimate of drug-likeness (QED) is 0.693. The fourth-order valence-corrected chi connectivity index (χ4v) is 2.41. The van der Waals surface area contributed by atoms with Crippen LogP contribution in [0.4, 0.5) is 0 Å². The van der Waals surface area contributed by atoms with Gasteiger partial charge in [0.25, 0.3) is 0 Å². The summed E-state index contributed by atoms with van der Waals surface area (Å²) >= 11 is 2.25. The van der Waals surface area contributed by atoms with Crippen LogP contribution in [0.3, 0.4) is 0 Å². The molecule has 0 aliphatic carbocycles. The number of benzene rings is 1. The first-order valence-electron chi connectivity index (χ1n) is 7.24. The molecular weight excluding hydrogens is 377 g/mol. The van der Waals surface area contributed by atoms with Crippen molar-refractivity contribution in [2.24, 2.45) is 5.92 Å². The van der Waals surface area contributed by atoms with E-state index in [-0.39, 0.29) is 0 Å². The zero-order valence-electron chi connectivity index (χ0n) is 12.6. The van der Waals surface area contributed by atoms with E-state index in [0.717, 1.165) is 29.0 Å². The number of nitrogens with one attached hydrogen (secondary N) is 1. The van der Waals surface area contributed by atoms with Crippen molar-refractivity contribution in [2.45, 2.75) is 26.9 Å². The number of hydrogen-bond donors (Lipinski definition) is 1. The van der Waals surface area contributed by atoms with E-state index in [9.17, 15) is 0 Å². The summed E-state index contributed by atoms with van der Waals surface area (Å²) in [5, 5.41) is 7.68. The van der Waals surface area contributed by atoms with E-state index in [1.165, 1.54) is 5.56 Å². The molecule has 0 aliphatic rings. The van der Waals surface area contributed by atoms with Gasteiger partial charge in [-0.05, 0) is 52.7 Å². The Bertz CT molecular complexity index is 554. The van der Waals surface area contributed by atoms with Crippen LogP contribution in [0, 0.1) is 9.49 Å². The number of aromatic nitrogens is 2. The minimum atomic E-state index is 0.626. The number of nitrogens with zero attached hydrogens (tertiary/aromatic N) is 2. The van der Waals surface area contributed by atoms with Crippen molar-refractivity contribution in [2.75, 3.05) is 13.2 Å². The topological polar surface area (TPSA) is 39.1 Å². The van der Waals surface area contributed by atoms with E-state index >= 15 is 0 Å². The second-order valence-electron chi connectivity index (χ2n) is 5.44. The maximum absolute atomic E-state index is 5.80. The third-order valence-electron chi connectivity index (χ3n) is 2.97. The highest BCUT2D eigenvalue weighted by Gasteiger charge is 2.00. The summed E-state index contributed by atoms with van der Waals surface area (Å²) in [6, 6.07) is 8.26. The van der Waals surface area contributed by atoms with Crippen molar-refractivity contribution in [1.29, 1.82) is 0 Å². The Morgan fingerprint density at radius 1 is 1.38 bits per heavy atom. The molecule has 0 aliphatic heterocycles. The van der Waals surface area contributed by atoms with Crippen molar-refractivity contribution in [3.8, 4) is 5.75 Å². The first-order chi connectivity index (χ1) is 10.1. The fourth-order valence-electron chi connectivity index (χ4n) is 1.97. The Morgan fingerprint density at radius 2 is 2.24 bits per heavy atom. The summed E-state index contributed by atoms with van der Waals surface area (Å²) in [5.74, 6) is 1.59. The summed E-state index contributed by atoms with van der Waals surface area (Å²) in [7, 11) is 0. The SMILES string of the molecule is CC(C)CNCc1cccc(OCCn2cc(I)cn2)c1. The molecule has 0 radical (unpaired) electrons. The lowest BCUT2D eigenvalue weighted by Gasteiger charge is -2.10. The fraction of sp³-hybridized carbons (Fsp3) is 0.438. The van der Waals surface area contributed by atoms with Gasteiger partial charge in [-0.15, -0.1) is 0 Å². The molecule has 5 heteroatoms. The zero-order valence-corrected chi connectivity index (χ0v) is 14.7. The van der Waals surface area contributed by atoms with Crippen LogP contribution in [0.1, 0.15) is 19.4 Å². The molecule has 0 fully saturated rings. The van der Waals surface area contributed by atoms with Crippen LogP contribution >= 0.6 is 22.6 Å². The van der Waals surface area contributed by atoms with Gasteiger partial charge in [0.05, 0.1) is 16.3 Å². The molecule has 0 saturated heterocycles. The highest BCUT2D eigenvalue weighted by Crippen LogP contribution is 2.13. The predicted molar refractivity (Wildman–Crippen MR) is 93.4 cm³/mol. The van der Waals surface area contributed by atoms with Gasteiger partial charge in [0, 0.05) is 12.7 Å². The molecule has 0 spiro atoms. The average molecular weight is 399 g/mol. The number of rotatable bonds is 8. The first kappa shape index (κ1) is 16.3. The Labute approximate surface area is 140 Å². The van der Waals surface area contributed by atoms with Gasteiger partial charge in [-0.3, -0.25) is 4.68 Å². The molecule has 0 bridgehead atoms.